The molecule has 1 aliphatic rings. The lowest BCUT2D eigenvalue weighted by molar-refractivity contribution is 0.0317. The van der Waals surface area contributed by atoms with Crippen LogP contribution in [0.25, 0.3) is 0 Å². The monoisotopic (exact) mass is 419 g/mol. The standard InChI is InChI=1S/C23H33NO4S/c1-6-7-13-21(19-11-9-8-10-12-19)24(22(25)28-23(3,4)5)29(26,27)20-16-14-18(2)15-17-20/h6-7,13-17,19,21H,1,8-12H2,2-5H3/b13-7-/t21-/m0/s1. The van der Waals surface area contributed by atoms with E-state index < -0.39 is 27.8 Å². The maximum Gasteiger partial charge on any atom is 0.424 e. The molecule has 1 aromatic rings. The van der Waals surface area contributed by atoms with Crippen molar-refractivity contribution in [3.05, 3.63) is 54.6 Å². The van der Waals surface area contributed by atoms with Crippen molar-refractivity contribution in [1.82, 2.24) is 4.31 Å². The second-order valence-corrected chi connectivity index (χ2v) is 10.4. The van der Waals surface area contributed by atoms with Crippen molar-refractivity contribution < 1.29 is 17.9 Å². The molecule has 1 aromatic carbocycles. The fourth-order valence-electron chi connectivity index (χ4n) is 3.61. The van der Waals surface area contributed by atoms with Gasteiger partial charge in [0.1, 0.15) is 5.60 Å². The Balaban J connectivity index is 2.56. The van der Waals surface area contributed by atoms with E-state index in [1.165, 1.54) is 12.1 Å². The highest BCUT2D eigenvalue weighted by molar-refractivity contribution is 7.89. The molecule has 1 amide bonds. The molecule has 0 N–H and O–H groups in total. The summed E-state index contributed by atoms with van der Waals surface area (Å²) in [6, 6.07) is 5.92. The normalized spacial score (nSPS) is 17.1. The van der Waals surface area contributed by atoms with Gasteiger partial charge in [-0.05, 0) is 58.6 Å². The van der Waals surface area contributed by atoms with Crippen molar-refractivity contribution in [3.63, 3.8) is 0 Å². The van der Waals surface area contributed by atoms with E-state index in [-0.39, 0.29) is 10.8 Å². The maximum atomic E-state index is 13.6. The Morgan fingerprint density at radius 2 is 1.76 bits per heavy atom. The molecule has 1 fully saturated rings. The molecule has 6 heteroatoms. The van der Waals surface area contributed by atoms with Gasteiger partial charge in [-0.25, -0.2) is 13.2 Å². The number of carbonyl (C=O) groups is 1. The van der Waals surface area contributed by atoms with Gasteiger partial charge in [-0.15, -0.1) is 0 Å². The van der Waals surface area contributed by atoms with Crippen LogP contribution in [-0.2, 0) is 14.8 Å². The Hall–Kier alpha value is -2.08. The Bertz CT molecular complexity index is 829. The van der Waals surface area contributed by atoms with Gasteiger partial charge in [0.25, 0.3) is 10.0 Å². The number of benzene rings is 1. The van der Waals surface area contributed by atoms with E-state index in [0.29, 0.717) is 0 Å². The van der Waals surface area contributed by atoms with Crippen LogP contribution in [0.15, 0.2) is 54.0 Å². The quantitative estimate of drug-likeness (QED) is 0.562. The van der Waals surface area contributed by atoms with Crippen molar-refractivity contribution in [2.45, 2.75) is 76.3 Å². The molecule has 160 valence electrons. The Morgan fingerprint density at radius 1 is 1.17 bits per heavy atom. The third kappa shape index (κ3) is 6.20. The first-order valence-electron chi connectivity index (χ1n) is 10.2. The average Bonchev–Trinajstić information content (AvgIpc) is 2.64. The smallest absolute Gasteiger partial charge is 0.424 e. The van der Waals surface area contributed by atoms with E-state index in [0.717, 1.165) is 42.0 Å². The summed E-state index contributed by atoms with van der Waals surface area (Å²) in [6.07, 6.45) is 9.14. The third-order valence-electron chi connectivity index (χ3n) is 5.00. The largest absolute Gasteiger partial charge is 0.443 e. The molecular weight excluding hydrogens is 386 g/mol. The highest BCUT2D eigenvalue weighted by atomic mass is 32.2. The fraction of sp³-hybridized carbons (Fsp3) is 0.522. The summed E-state index contributed by atoms with van der Waals surface area (Å²) in [5.41, 5.74) is 0.139. The van der Waals surface area contributed by atoms with E-state index >= 15 is 0 Å². The van der Waals surface area contributed by atoms with Crippen LogP contribution in [0.2, 0.25) is 0 Å². The van der Waals surface area contributed by atoms with Crippen LogP contribution in [0.3, 0.4) is 0 Å². The summed E-state index contributed by atoms with van der Waals surface area (Å²) in [5.74, 6) is 0.0488. The number of amides is 1. The summed E-state index contributed by atoms with van der Waals surface area (Å²) in [4.78, 5) is 13.2. The van der Waals surface area contributed by atoms with Crippen molar-refractivity contribution in [2.75, 3.05) is 0 Å². The highest BCUT2D eigenvalue weighted by Gasteiger charge is 2.41. The van der Waals surface area contributed by atoms with E-state index in [1.54, 1.807) is 51.1 Å². The first-order chi connectivity index (χ1) is 13.6. The Morgan fingerprint density at radius 3 is 2.28 bits per heavy atom. The summed E-state index contributed by atoms with van der Waals surface area (Å²) < 4.78 is 33.6. The molecule has 0 aliphatic heterocycles. The van der Waals surface area contributed by atoms with Crippen LogP contribution in [0, 0.1) is 12.8 Å². The molecule has 0 bridgehead atoms. The molecule has 1 aliphatic carbocycles. The van der Waals surface area contributed by atoms with Gasteiger partial charge in [-0.1, -0.05) is 61.8 Å². The minimum Gasteiger partial charge on any atom is -0.443 e. The number of allylic oxidation sites excluding steroid dienone is 2. The minimum absolute atomic E-state index is 0.0488. The van der Waals surface area contributed by atoms with E-state index in [2.05, 4.69) is 6.58 Å². The van der Waals surface area contributed by atoms with Crippen LogP contribution in [0.4, 0.5) is 4.79 Å². The predicted octanol–water partition coefficient (Wildman–Crippen LogP) is 5.61. The molecule has 29 heavy (non-hydrogen) atoms. The van der Waals surface area contributed by atoms with Crippen LogP contribution >= 0.6 is 0 Å². The lowest BCUT2D eigenvalue weighted by Gasteiger charge is -2.37. The number of hydrogen-bond acceptors (Lipinski definition) is 4. The van der Waals surface area contributed by atoms with E-state index in [4.69, 9.17) is 4.74 Å². The SMILES string of the molecule is C=C/C=C\[C@@H](C1CCCCC1)N(C(=O)OC(C)(C)C)S(=O)(=O)c1ccc(C)cc1. The van der Waals surface area contributed by atoms with Gasteiger partial charge in [-0.3, -0.25) is 0 Å². The number of rotatable bonds is 6. The van der Waals surface area contributed by atoms with Crippen LogP contribution < -0.4 is 0 Å². The van der Waals surface area contributed by atoms with Gasteiger partial charge >= 0.3 is 6.09 Å². The van der Waals surface area contributed by atoms with Crippen molar-refractivity contribution in [2.24, 2.45) is 5.92 Å². The molecular formula is C23H33NO4S. The van der Waals surface area contributed by atoms with E-state index in [9.17, 15) is 13.2 Å². The van der Waals surface area contributed by atoms with Crippen molar-refractivity contribution in [3.8, 4) is 0 Å². The zero-order valence-corrected chi connectivity index (χ0v) is 18.7. The second kappa shape index (κ2) is 9.61. The topological polar surface area (TPSA) is 63.7 Å². The molecule has 0 aromatic heterocycles. The lowest BCUT2D eigenvalue weighted by atomic mass is 9.83. The number of carbonyl (C=O) groups excluding carboxylic acids is 1. The van der Waals surface area contributed by atoms with Crippen LogP contribution in [-0.4, -0.2) is 30.5 Å². The first-order valence-corrected chi connectivity index (χ1v) is 11.6. The zero-order chi connectivity index (χ0) is 21.7. The predicted molar refractivity (Wildman–Crippen MR) is 116 cm³/mol. The molecule has 1 saturated carbocycles. The molecule has 0 saturated heterocycles. The number of hydrogen-bond donors (Lipinski definition) is 0. The number of sulfonamides is 1. The van der Waals surface area contributed by atoms with Crippen molar-refractivity contribution in [1.29, 1.82) is 0 Å². The fourth-order valence-corrected chi connectivity index (χ4v) is 5.11. The van der Waals surface area contributed by atoms with Gasteiger partial charge in [0.15, 0.2) is 0 Å². The van der Waals surface area contributed by atoms with Gasteiger partial charge < -0.3 is 4.74 Å². The molecule has 0 unspecified atom stereocenters. The van der Waals surface area contributed by atoms with Gasteiger partial charge in [-0.2, -0.15) is 4.31 Å². The molecule has 0 radical (unpaired) electrons. The number of aryl methyl sites for hydroxylation is 1. The Labute approximate surface area is 175 Å². The lowest BCUT2D eigenvalue weighted by Crippen LogP contribution is -2.49. The maximum absolute atomic E-state index is 13.6. The van der Waals surface area contributed by atoms with Gasteiger partial charge in [0.2, 0.25) is 0 Å². The number of ether oxygens (including phenoxy) is 1. The summed E-state index contributed by atoms with van der Waals surface area (Å²) in [7, 11) is -4.10. The molecule has 0 heterocycles. The van der Waals surface area contributed by atoms with Gasteiger partial charge in [0.05, 0.1) is 10.9 Å². The van der Waals surface area contributed by atoms with Gasteiger partial charge in [0, 0.05) is 0 Å². The second-order valence-electron chi connectivity index (χ2n) is 8.60. The molecule has 5 nitrogen and oxygen atoms in total. The zero-order valence-electron chi connectivity index (χ0n) is 17.9. The van der Waals surface area contributed by atoms with Crippen LogP contribution in [0.5, 0.6) is 0 Å². The number of nitrogens with zero attached hydrogens (tertiary/aromatic N) is 1. The Kier molecular flexibility index (Phi) is 7.69. The molecule has 2 rings (SSSR count). The summed E-state index contributed by atoms with van der Waals surface area (Å²) >= 11 is 0. The highest BCUT2D eigenvalue weighted by Crippen LogP contribution is 2.33. The van der Waals surface area contributed by atoms with Crippen LogP contribution in [0.1, 0.15) is 58.4 Å². The third-order valence-corrected chi connectivity index (χ3v) is 6.78. The molecule has 1 atom stereocenters. The first kappa shape index (κ1) is 23.2. The average molecular weight is 420 g/mol. The van der Waals surface area contributed by atoms with Crippen molar-refractivity contribution >= 4 is 16.1 Å². The summed E-state index contributed by atoms with van der Waals surface area (Å²) in [5, 5.41) is 0. The minimum atomic E-state index is -4.10. The summed E-state index contributed by atoms with van der Waals surface area (Å²) in [6.45, 7) is 10.8. The van der Waals surface area contributed by atoms with E-state index in [1.807, 2.05) is 6.92 Å². The molecule has 0 spiro atoms.